The Labute approximate surface area is 96.4 Å². The average molecular weight is 223 g/mol. The van der Waals surface area contributed by atoms with Crippen molar-refractivity contribution >= 4 is 17.2 Å². The third-order valence-electron chi connectivity index (χ3n) is 2.52. The van der Waals surface area contributed by atoms with Crippen molar-refractivity contribution in [2.24, 2.45) is 5.73 Å². The minimum absolute atomic E-state index is 0.369. The van der Waals surface area contributed by atoms with E-state index in [0.29, 0.717) is 10.9 Å². The van der Waals surface area contributed by atoms with E-state index in [2.05, 4.69) is 19.9 Å². The topological polar surface area (TPSA) is 35.2 Å². The number of rotatable bonds is 4. The summed E-state index contributed by atoms with van der Waals surface area (Å²) in [5.41, 5.74) is 8.05. The van der Waals surface area contributed by atoms with Crippen LogP contribution in [0.25, 0.3) is 0 Å². The molecule has 2 nitrogen and oxygen atoms in total. The van der Waals surface area contributed by atoms with Crippen molar-refractivity contribution in [1.29, 1.82) is 0 Å². The number of methoxy groups -OCH3 is 1. The lowest BCUT2D eigenvalue weighted by molar-refractivity contribution is 0.414. The van der Waals surface area contributed by atoms with E-state index in [-0.39, 0.29) is 0 Å². The molecule has 0 saturated heterocycles. The van der Waals surface area contributed by atoms with Crippen LogP contribution in [0.15, 0.2) is 18.2 Å². The molecule has 82 valence electrons. The molecule has 0 amide bonds. The fourth-order valence-electron chi connectivity index (χ4n) is 1.74. The van der Waals surface area contributed by atoms with Gasteiger partial charge < -0.3 is 10.5 Å². The normalized spacial score (nSPS) is 12.2. The highest BCUT2D eigenvalue weighted by atomic mass is 32.1. The Bertz CT molecular complexity index is 363. The van der Waals surface area contributed by atoms with Gasteiger partial charge in [-0.15, -0.1) is 0 Å². The second-order valence-electron chi connectivity index (χ2n) is 3.79. The first-order valence-electron chi connectivity index (χ1n) is 4.97. The number of nitrogens with two attached hydrogens (primary N) is 1. The van der Waals surface area contributed by atoms with Crippen LogP contribution in [0, 0.1) is 6.92 Å². The molecule has 15 heavy (non-hydrogen) atoms. The summed E-state index contributed by atoms with van der Waals surface area (Å²) >= 11 is 4.92. The SMILES string of the molecule is COc1ccc(C(C)CC(N)=S)c(C)c1. The number of hydrogen-bond acceptors (Lipinski definition) is 2. The van der Waals surface area contributed by atoms with Gasteiger partial charge in [-0.05, 0) is 36.1 Å². The quantitative estimate of drug-likeness (QED) is 0.797. The predicted molar refractivity (Wildman–Crippen MR) is 67.5 cm³/mol. The highest BCUT2D eigenvalue weighted by Gasteiger charge is 2.10. The van der Waals surface area contributed by atoms with Crippen molar-refractivity contribution in [3.05, 3.63) is 29.3 Å². The number of ether oxygens (including phenoxy) is 1. The molecule has 2 N–H and O–H groups in total. The molecule has 0 radical (unpaired) electrons. The van der Waals surface area contributed by atoms with Gasteiger partial charge in [0.2, 0.25) is 0 Å². The average Bonchev–Trinajstić information content (AvgIpc) is 2.16. The van der Waals surface area contributed by atoms with Gasteiger partial charge in [0.05, 0.1) is 12.1 Å². The van der Waals surface area contributed by atoms with Gasteiger partial charge >= 0.3 is 0 Å². The Morgan fingerprint density at radius 1 is 1.53 bits per heavy atom. The molecule has 1 rings (SSSR count). The fourth-order valence-corrected chi connectivity index (χ4v) is 1.99. The molecular weight excluding hydrogens is 206 g/mol. The summed E-state index contributed by atoms with van der Waals surface area (Å²) in [7, 11) is 1.67. The highest BCUT2D eigenvalue weighted by Crippen LogP contribution is 2.25. The van der Waals surface area contributed by atoms with Crippen LogP contribution in [0.2, 0.25) is 0 Å². The minimum atomic E-state index is 0.369. The number of thiocarbonyl (C=S) groups is 1. The molecule has 3 heteroatoms. The van der Waals surface area contributed by atoms with Crippen molar-refractivity contribution in [3.63, 3.8) is 0 Å². The van der Waals surface area contributed by atoms with E-state index in [0.717, 1.165) is 12.2 Å². The van der Waals surface area contributed by atoms with Crippen LogP contribution in [0.3, 0.4) is 0 Å². The molecule has 0 aliphatic rings. The summed E-state index contributed by atoms with van der Waals surface area (Å²) in [6.07, 6.45) is 0.752. The van der Waals surface area contributed by atoms with E-state index < -0.39 is 0 Å². The third kappa shape index (κ3) is 3.20. The van der Waals surface area contributed by atoms with Gasteiger partial charge in [-0.25, -0.2) is 0 Å². The Balaban J connectivity index is 2.90. The van der Waals surface area contributed by atoms with Gasteiger partial charge in [-0.3, -0.25) is 0 Å². The number of benzene rings is 1. The molecule has 0 spiro atoms. The maximum Gasteiger partial charge on any atom is 0.119 e. The molecule has 0 aliphatic heterocycles. The standard InChI is InChI=1S/C12H17NOS/c1-8-6-10(14-3)4-5-11(8)9(2)7-12(13)15/h4-6,9H,7H2,1-3H3,(H2,13,15). The Morgan fingerprint density at radius 3 is 2.67 bits per heavy atom. The molecular formula is C12H17NOS. The van der Waals surface area contributed by atoms with E-state index in [9.17, 15) is 0 Å². The van der Waals surface area contributed by atoms with Gasteiger partial charge in [-0.2, -0.15) is 0 Å². The van der Waals surface area contributed by atoms with E-state index in [1.807, 2.05) is 12.1 Å². The second kappa shape index (κ2) is 5.12. The summed E-state index contributed by atoms with van der Waals surface area (Å²) in [4.78, 5) is 0.567. The first-order chi connectivity index (χ1) is 7.04. The van der Waals surface area contributed by atoms with Crippen molar-refractivity contribution < 1.29 is 4.74 Å². The number of hydrogen-bond donors (Lipinski definition) is 1. The lowest BCUT2D eigenvalue weighted by Crippen LogP contribution is -2.12. The molecule has 1 aromatic rings. The van der Waals surface area contributed by atoms with E-state index in [4.69, 9.17) is 22.7 Å². The van der Waals surface area contributed by atoms with E-state index in [1.165, 1.54) is 11.1 Å². The van der Waals surface area contributed by atoms with Crippen LogP contribution in [0.4, 0.5) is 0 Å². The Morgan fingerprint density at radius 2 is 2.20 bits per heavy atom. The zero-order valence-corrected chi connectivity index (χ0v) is 10.2. The van der Waals surface area contributed by atoms with Crippen LogP contribution >= 0.6 is 12.2 Å². The maximum absolute atomic E-state index is 5.54. The molecule has 0 heterocycles. The molecule has 0 saturated carbocycles. The monoisotopic (exact) mass is 223 g/mol. The smallest absolute Gasteiger partial charge is 0.119 e. The van der Waals surface area contributed by atoms with Crippen molar-refractivity contribution in [3.8, 4) is 5.75 Å². The highest BCUT2D eigenvalue weighted by molar-refractivity contribution is 7.80. The summed E-state index contributed by atoms with van der Waals surface area (Å²) < 4.78 is 5.16. The zero-order valence-electron chi connectivity index (χ0n) is 9.41. The minimum Gasteiger partial charge on any atom is -0.497 e. The van der Waals surface area contributed by atoms with Crippen molar-refractivity contribution in [2.45, 2.75) is 26.2 Å². The lowest BCUT2D eigenvalue weighted by atomic mass is 9.93. The molecule has 1 aromatic carbocycles. The van der Waals surface area contributed by atoms with Gasteiger partial charge in [0, 0.05) is 6.42 Å². The zero-order chi connectivity index (χ0) is 11.4. The van der Waals surface area contributed by atoms with Crippen LogP contribution in [-0.4, -0.2) is 12.1 Å². The van der Waals surface area contributed by atoms with Crippen LogP contribution in [-0.2, 0) is 0 Å². The van der Waals surface area contributed by atoms with Crippen molar-refractivity contribution in [1.82, 2.24) is 0 Å². The van der Waals surface area contributed by atoms with Crippen LogP contribution in [0.5, 0.6) is 5.75 Å². The molecule has 1 unspecified atom stereocenters. The van der Waals surface area contributed by atoms with Crippen molar-refractivity contribution in [2.75, 3.05) is 7.11 Å². The molecule has 1 atom stereocenters. The predicted octanol–water partition coefficient (Wildman–Crippen LogP) is 2.78. The first-order valence-corrected chi connectivity index (χ1v) is 5.38. The third-order valence-corrected chi connectivity index (χ3v) is 2.68. The van der Waals surface area contributed by atoms with Gasteiger partial charge in [-0.1, -0.05) is 25.2 Å². The molecule has 0 fully saturated rings. The summed E-state index contributed by atoms with van der Waals surface area (Å²) in [6.45, 7) is 4.21. The van der Waals surface area contributed by atoms with Crippen LogP contribution < -0.4 is 10.5 Å². The van der Waals surface area contributed by atoms with Gasteiger partial charge in [0.25, 0.3) is 0 Å². The van der Waals surface area contributed by atoms with Crippen LogP contribution in [0.1, 0.15) is 30.4 Å². The van der Waals surface area contributed by atoms with E-state index in [1.54, 1.807) is 7.11 Å². The molecule has 0 aromatic heterocycles. The van der Waals surface area contributed by atoms with Gasteiger partial charge in [0.15, 0.2) is 0 Å². The lowest BCUT2D eigenvalue weighted by Gasteiger charge is -2.14. The largest absolute Gasteiger partial charge is 0.497 e. The Hall–Kier alpha value is -1.09. The maximum atomic E-state index is 5.54. The van der Waals surface area contributed by atoms with Gasteiger partial charge in [0.1, 0.15) is 5.75 Å². The summed E-state index contributed by atoms with van der Waals surface area (Å²) in [5.74, 6) is 1.26. The summed E-state index contributed by atoms with van der Waals surface area (Å²) in [6, 6.07) is 6.08. The second-order valence-corrected chi connectivity index (χ2v) is 4.32. The molecule has 0 aliphatic carbocycles. The summed E-state index contributed by atoms with van der Waals surface area (Å²) in [5, 5.41) is 0. The van der Waals surface area contributed by atoms with E-state index >= 15 is 0 Å². The Kier molecular flexibility index (Phi) is 4.09. The number of aryl methyl sites for hydroxylation is 1. The molecule has 0 bridgehead atoms. The fraction of sp³-hybridized carbons (Fsp3) is 0.417. The first kappa shape index (κ1) is 12.0.